The Bertz CT molecular complexity index is 1960. The van der Waals surface area contributed by atoms with Gasteiger partial charge in [-0.15, -0.1) is 5.10 Å². The maximum Gasteiger partial charge on any atom is 0.335 e. The molecular weight excluding hydrogens is 615 g/mol. The molecule has 0 fully saturated rings. The van der Waals surface area contributed by atoms with Crippen LogP contribution in [0.3, 0.4) is 0 Å². The van der Waals surface area contributed by atoms with Crippen molar-refractivity contribution in [2.24, 2.45) is 0 Å². The average molecular weight is 641 g/mol. The SMILES string of the molecule is Cc1nn(Cc2ccccc2)c2c1C(C(=O)Nc1ccc(C(=O)O)cc1)N(C(=O)C=Cc1c(-n3cnnn3)ccc(Cl)c1F)CC2. The summed E-state index contributed by atoms with van der Waals surface area (Å²) in [6.07, 6.45) is 4.16. The minimum atomic E-state index is -1.10. The van der Waals surface area contributed by atoms with Crippen LogP contribution in [0.15, 0.2) is 79.1 Å². The number of carboxylic acids is 1. The molecule has 46 heavy (non-hydrogen) atoms. The number of carbonyl (C=O) groups excluding carboxylic acids is 2. The number of halogens is 2. The maximum absolute atomic E-state index is 15.2. The van der Waals surface area contributed by atoms with Gasteiger partial charge in [-0.25, -0.2) is 9.18 Å². The number of nitrogens with one attached hydrogen (secondary N) is 1. The molecule has 1 unspecified atom stereocenters. The zero-order valence-electron chi connectivity index (χ0n) is 24.3. The summed E-state index contributed by atoms with van der Waals surface area (Å²) in [4.78, 5) is 40.5. The highest BCUT2D eigenvalue weighted by atomic mass is 35.5. The van der Waals surface area contributed by atoms with Crippen LogP contribution in [-0.2, 0) is 22.6 Å². The molecule has 5 aromatic rings. The molecular formula is C32H26ClFN8O4. The van der Waals surface area contributed by atoms with E-state index < -0.39 is 29.6 Å². The summed E-state index contributed by atoms with van der Waals surface area (Å²) < 4.78 is 18.3. The summed E-state index contributed by atoms with van der Waals surface area (Å²) >= 11 is 6.05. The normalized spacial score (nSPS) is 14.3. The molecule has 6 rings (SSSR count). The number of tetrazole rings is 1. The number of aryl methyl sites for hydroxylation is 1. The lowest BCUT2D eigenvalue weighted by Crippen LogP contribution is -2.45. The molecule has 2 amide bonds. The smallest absolute Gasteiger partial charge is 0.335 e. The van der Waals surface area contributed by atoms with Crippen LogP contribution in [-0.4, -0.2) is 64.3 Å². The van der Waals surface area contributed by atoms with Crippen molar-refractivity contribution in [1.82, 2.24) is 34.9 Å². The molecule has 0 spiro atoms. The number of carboxylic acid groups (broad SMARTS) is 1. The molecule has 1 atom stereocenters. The first kappa shape index (κ1) is 30.3. The van der Waals surface area contributed by atoms with Gasteiger partial charge in [-0.1, -0.05) is 41.9 Å². The van der Waals surface area contributed by atoms with Gasteiger partial charge in [0.25, 0.3) is 5.91 Å². The van der Waals surface area contributed by atoms with Gasteiger partial charge in [-0.3, -0.25) is 14.3 Å². The van der Waals surface area contributed by atoms with Crippen LogP contribution in [0.5, 0.6) is 0 Å². The van der Waals surface area contributed by atoms with Gasteiger partial charge in [0.05, 0.1) is 28.5 Å². The number of aromatic carboxylic acids is 1. The largest absolute Gasteiger partial charge is 0.478 e. The fraction of sp³-hybridized carbons (Fsp3) is 0.156. The lowest BCUT2D eigenvalue weighted by molar-refractivity contribution is -0.135. The van der Waals surface area contributed by atoms with Crippen molar-refractivity contribution in [3.05, 3.63) is 124 Å². The number of fused-ring (bicyclic) bond motifs is 1. The predicted octanol–water partition coefficient (Wildman–Crippen LogP) is 4.48. The fourth-order valence-corrected chi connectivity index (χ4v) is 5.68. The predicted molar refractivity (Wildman–Crippen MR) is 166 cm³/mol. The summed E-state index contributed by atoms with van der Waals surface area (Å²) in [5.74, 6) is -2.93. The fourth-order valence-electron chi connectivity index (χ4n) is 5.51. The molecule has 0 saturated heterocycles. The second kappa shape index (κ2) is 12.7. The third-order valence-corrected chi connectivity index (χ3v) is 7.95. The molecule has 12 nitrogen and oxygen atoms in total. The molecule has 3 heterocycles. The second-order valence-electron chi connectivity index (χ2n) is 10.5. The van der Waals surface area contributed by atoms with Crippen molar-refractivity contribution in [2.75, 3.05) is 11.9 Å². The average Bonchev–Trinajstić information content (AvgIpc) is 3.70. The third kappa shape index (κ3) is 6.00. The molecule has 0 saturated carbocycles. The van der Waals surface area contributed by atoms with E-state index in [4.69, 9.17) is 16.7 Å². The molecule has 0 radical (unpaired) electrons. The van der Waals surface area contributed by atoms with Crippen LogP contribution < -0.4 is 5.32 Å². The van der Waals surface area contributed by atoms with Gasteiger partial charge in [-0.2, -0.15) is 9.78 Å². The number of hydrogen-bond donors (Lipinski definition) is 2. The summed E-state index contributed by atoms with van der Waals surface area (Å²) in [5.41, 5.74) is 3.67. The molecule has 2 N–H and O–H groups in total. The lowest BCUT2D eigenvalue weighted by Gasteiger charge is -2.35. The number of aromatic nitrogens is 6. The van der Waals surface area contributed by atoms with Crippen molar-refractivity contribution >= 4 is 41.1 Å². The van der Waals surface area contributed by atoms with Crippen LogP contribution in [0, 0.1) is 12.7 Å². The first-order valence-corrected chi connectivity index (χ1v) is 14.5. The first-order chi connectivity index (χ1) is 22.2. The Kier molecular flexibility index (Phi) is 8.40. The molecule has 1 aliphatic rings. The van der Waals surface area contributed by atoms with Gasteiger partial charge in [0.1, 0.15) is 12.4 Å². The highest BCUT2D eigenvalue weighted by Gasteiger charge is 2.39. The van der Waals surface area contributed by atoms with Crippen LogP contribution >= 0.6 is 11.6 Å². The minimum Gasteiger partial charge on any atom is -0.478 e. The van der Waals surface area contributed by atoms with Gasteiger partial charge in [-0.05, 0) is 65.4 Å². The van der Waals surface area contributed by atoms with E-state index >= 15 is 4.39 Å². The molecule has 3 aromatic carbocycles. The Hall–Kier alpha value is -5.69. The van der Waals surface area contributed by atoms with Gasteiger partial charge < -0.3 is 15.3 Å². The highest BCUT2D eigenvalue weighted by Crippen LogP contribution is 2.35. The third-order valence-electron chi connectivity index (χ3n) is 7.66. The number of anilines is 1. The Morgan fingerprint density at radius 1 is 1.09 bits per heavy atom. The van der Waals surface area contributed by atoms with Gasteiger partial charge >= 0.3 is 5.97 Å². The Balaban J connectivity index is 1.36. The monoisotopic (exact) mass is 640 g/mol. The van der Waals surface area contributed by atoms with Crippen LogP contribution in [0.4, 0.5) is 10.1 Å². The van der Waals surface area contributed by atoms with E-state index in [0.717, 1.165) is 11.3 Å². The number of amides is 2. The van der Waals surface area contributed by atoms with E-state index in [9.17, 15) is 19.5 Å². The number of carbonyl (C=O) groups is 3. The highest BCUT2D eigenvalue weighted by molar-refractivity contribution is 6.31. The maximum atomic E-state index is 15.2. The number of nitrogens with zero attached hydrogens (tertiary/aromatic N) is 7. The van der Waals surface area contributed by atoms with Crippen LogP contribution in [0.1, 0.15) is 44.5 Å². The summed E-state index contributed by atoms with van der Waals surface area (Å²) in [7, 11) is 0. The van der Waals surface area contributed by atoms with E-state index in [-0.39, 0.29) is 28.4 Å². The number of benzene rings is 3. The molecule has 0 bridgehead atoms. The Morgan fingerprint density at radius 2 is 1.85 bits per heavy atom. The van der Waals surface area contributed by atoms with E-state index in [1.54, 1.807) is 6.92 Å². The topological polar surface area (TPSA) is 148 Å². The molecule has 0 aliphatic carbocycles. The van der Waals surface area contributed by atoms with Gasteiger partial charge in [0.2, 0.25) is 5.91 Å². The zero-order valence-corrected chi connectivity index (χ0v) is 25.1. The van der Waals surface area contributed by atoms with Gasteiger partial charge in [0, 0.05) is 41.5 Å². The molecule has 232 valence electrons. The quantitative estimate of drug-likeness (QED) is 0.236. The van der Waals surface area contributed by atoms with Gasteiger partial charge in [0.15, 0.2) is 5.82 Å². The van der Waals surface area contributed by atoms with Crippen molar-refractivity contribution in [2.45, 2.75) is 25.9 Å². The molecule has 1 aliphatic heterocycles. The minimum absolute atomic E-state index is 0.0165. The second-order valence-corrected chi connectivity index (χ2v) is 10.9. The zero-order chi connectivity index (χ0) is 32.4. The Morgan fingerprint density at radius 3 is 2.54 bits per heavy atom. The van der Waals surface area contributed by atoms with Crippen LogP contribution in [0.2, 0.25) is 5.02 Å². The number of hydrogen-bond acceptors (Lipinski definition) is 7. The molecule has 14 heteroatoms. The van der Waals surface area contributed by atoms with E-state index in [2.05, 4.69) is 20.8 Å². The van der Waals surface area contributed by atoms with E-state index in [1.807, 2.05) is 35.0 Å². The Labute approximate surface area is 266 Å². The van der Waals surface area contributed by atoms with Crippen molar-refractivity contribution < 1.29 is 23.9 Å². The van der Waals surface area contributed by atoms with Crippen LogP contribution in [0.25, 0.3) is 11.8 Å². The van der Waals surface area contributed by atoms with Crippen molar-refractivity contribution in [3.8, 4) is 5.69 Å². The van der Waals surface area contributed by atoms with Crippen molar-refractivity contribution in [1.29, 1.82) is 0 Å². The van der Waals surface area contributed by atoms with Crippen molar-refractivity contribution in [3.63, 3.8) is 0 Å². The first-order valence-electron chi connectivity index (χ1n) is 14.2. The summed E-state index contributed by atoms with van der Waals surface area (Å²) in [6.45, 7) is 2.43. The lowest BCUT2D eigenvalue weighted by atomic mass is 9.95. The molecule has 2 aromatic heterocycles. The summed E-state index contributed by atoms with van der Waals surface area (Å²) in [5, 5.41) is 27.7. The standard InChI is InChI=1S/C32H26ClFN8O4/c1-19-28-26(41(37-19)17-20-5-3-2-4-6-20)15-16-40(30(28)31(44)36-22-9-7-21(8-10-22)32(45)46)27(43)14-11-23-25(42-18-35-38-39-42)13-12-24(33)29(23)34/h2-14,18,30H,15-17H2,1H3,(H,36,44)(H,45,46). The summed E-state index contributed by atoms with van der Waals surface area (Å²) in [6, 6.07) is 17.3. The van der Waals surface area contributed by atoms with E-state index in [1.165, 1.54) is 64.5 Å². The van der Waals surface area contributed by atoms with E-state index in [0.29, 0.717) is 29.9 Å². The number of rotatable bonds is 8.